The molecule has 1 aromatic rings. The van der Waals surface area contributed by atoms with E-state index < -0.39 is 17.4 Å². The summed E-state index contributed by atoms with van der Waals surface area (Å²) >= 11 is 0. The summed E-state index contributed by atoms with van der Waals surface area (Å²) in [6.45, 7) is 0.695. The molecular formula is C17H22N2O5. The fourth-order valence-corrected chi connectivity index (χ4v) is 3.58. The van der Waals surface area contributed by atoms with Gasteiger partial charge in [0.15, 0.2) is 0 Å². The van der Waals surface area contributed by atoms with Crippen LogP contribution in [-0.4, -0.2) is 41.9 Å². The van der Waals surface area contributed by atoms with Crippen molar-refractivity contribution in [3.8, 4) is 0 Å². The lowest BCUT2D eigenvalue weighted by Crippen LogP contribution is -2.54. The first-order valence-corrected chi connectivity index (χ1v) is 8.25. The number of nitrogens with zero attached hydrogens (tertiary/aromatic N) is 1. The Morgan fingerprint density at radius 1 is 1.42 bits per heavy atom. The molecule has 1 saturated carbocycles. The smallest absolute Gasteiger partial charge is 0.331 e. The van der Waals surface area contributed by atoms with Crippen molar-refractivity contribution >= 4 is 17.8 Å². The average Bonchev–Trinajstić information content (AvgIpc) is 3.30. The molecule has 7 heteroatoms. The predicted molar refractivity (Wildman–Crippen MR) is 83.6 cm³/mol. The third-order valence-electron chi connectivity index (χ3n) is 4.91. The van der Waals surface area contributed by atoms with Gasteiger partial charge in [-0.2, -0.15) is 0 Å². The summed E-state index contributed by atoms with van der Waals surface area (Å²) in [5.74, 6) is -0.492. The maximum atomic E-state index is 12.6. The van der Waals surface area contributed by atoms with E-state index in [1.54, 1.807) is 23.3 Å². The topological polar surface area (TPSA) is 88.8 Å². The summed E-state index contributed by atoms with van der Waals surface area (Å²) in [5.41, 5.74) is -0.927. The monoisotopic (exact) mass is 334 g/mol. The van der Waals surface area contributed by atoms with Crippen molar-refractivity contribution in [3.63, 3.8) is 0 Å². The van der Waals surface area contributed by atoms with Crippen LogP contribution in [0, 0.1) is 5.92 Å². The largest absolute Gasteiger partial charge is 0.467 e. The van der Waals surface area contributed by atoms with Crippen molar-refractivity contribution in [2.45, 2.75) is 44.2 Å². The van der Waals surface area contributed by atoms with Gasteiger partial charge in [-0.15, -0.1) is 0 Å². The Bertz CT molecular complexity index is 619. The van der Waals surface area contributed by atoms with Crippen LogP contribution in [0.2, 0.25) is 0 Å². The number of methoxy groups -OCH3 is 1. The van der Waals surface area contributed by atoms with E-state index in [0.29, 0.717) is 31.7 Å². The van der Waals surface area contributed by atoms with Crippen LogP contribution in [0.4, 0.5) is 0 Å². The molecule has 0 radical (unpaired) electrons. The molecule has 1 atom stereocenters. The third kappa shape index (κ3) is 3.16. The molecule has 1 aliphatic carbocycles. The van der Waals surface area contributed by atoms with Crippen LogP contribution >= 0.6 is 0 Å². The molecule has 1 saturated heterocycles. The molecule has 1 N–H and O–H groups in total. The first kappa shape index (κ1) is 16.5. The number of furan rings is 1. The number of carbonyl (C=O) groups excluding carboxylic acids is 3. The van der Waals surface area contributed by atoms with Crippen molar-refractivity contribution < 1.29 is 23.5 Å². The van der Waals surface area contributed by atoms with Gasteiger partial charge in [0, 0.05) is 13.0 Å². The van der Waals surface area contributed by atoms with Crippen LogP contribution in [0.25, 0.3) is 0 Å². The second-order valence-electron chi connectivity index (χ2n) is 6.52. The number of hydrogen-bond acceptors (Lipinski definition) is 5. The lowest BCUT2D eigenvalue weighted by molar-refractivity contribution is -0.151. The fraction of sp³-hybridized carbons (Fsp3) is 0.588. The number of rotatable bonds is 5. The molecule has 0 aromatic carbocycles. The minimum Gasteiger partial charge on any atom is -0.467 e. The summed E-state index contributed by atoms with van der Waals surface area (Å²) < 4.78 is 10.1. The van der Waals surface area contributed by atoms with Crippen molar-refractivity contribution in [3.05, 3.63) is 24.2 Å². The quantitative estimate of drug-likeness (QED) is 0.818. The minimum absolute atomic E-state index is 0.0786. The van der Waals surface area contributed by atoms with Gasteiger partial charge >= 0.3 is 5.97 Å². The number of nitrogens with one attached hydrogen (secondary N) is 1. The Morgan fingerprint density at radius 2 is 2.17 bits per heavy atom. The molecule has 2 fully saturated rings. The van der Waals surface area contributed by atoms with Gasteiger partial charge in [-0.25, -0.2) is 4.79 Å². The Labute approximate surface area is 140 Å². The highest BCUT2D eigenvalue weighted by atomic mass is 16.5. The molecule has 7 nitrogen and oxygen atoms in total. The molecule has 0 bridgehead atoms. The second kappa shape index (κ2) is 6.67. The highest BCUT2D eigenvalue weighted by molar-refractivity contribution is 5.93. The predicted octanol–water partition coefficient (Wildman–Crippen LogP) is 1.23. The van der Waals surface area contributed by atoms with Crippen LogP contribution in [0.15, 0.2) is 22.8 Å². The van der Waals surface area contributed by atoms with E-state index in [1.807, 2.05) is 0 Å². The third-order valence-corrected chi connectivity index (χ3v) is 4.91. The molecule has 2 amide bonds. The first-order chi connectivity index (χ1) is 11.5. The van der Waals surface area contributed by atoms with Gasteiger partial charge in [-0.1, -0.05) is 12.8 Å². The fourth-order valence-electron chi connectivity index (χ4n) is 3.58. The van der Waals surface area contributed by atoms with Gasteiger partial charge in [-0.05, 0) is 25.0 Å². The van der Waals surface area contributed by atoms with E-state index in [2.05, 4.69) is 5.32 Å². The SMILES string of the molecule is COC(=O)C1(NC(=O)C2CC(=O)N(Cc3ccco3)C2)CCCC1. The molecule has 1 aromatic heterocycles. The van der Waals surface area contributed by atoms with Crippen LogP contribution in [0.1, 0.15) is 37.9 Å². The van der Waals surface area contributed by atoms with Gasteiger partial charge in [0.2, 0.25) is 11.8 Å². The number of esters is 1. The first-order valence-electron chi connectivity index (χ1n) is 8.25. The van der Waals surface area contributed by atoms with Gasteiger partial charge in [0.25, 0.3) is 0 Å². The molecule has 24 heavy (non-hydrogen) atoms. The molecular weight excluding hydrogens is 312 g/mol. The highest BCUT2D eigenvalue weighted by Gasteiger charge is 2.46. The molecule has 2 aliphatic rings. The van der Waals surface area contributed by atoms with Crippen LogP contribution in [0.3, 0.4) is 0 Å². The zero-order valence-electron chi connectivity index (χ0n) is 13.7. The van der Waals surface area contributed by atoms with Crippen LogP contribution in [0.5, 0.6) is 0 Å². The summed E-state index contributed by atoms with van der Waals surface area (Å²) in [4.78, 5) is 38.4. The Kier molecular flexibility index (Phi) is 4.59. The summed E-state index contributed by atoms with van der Waals surface area (Å²) in [5, 5.41) is 2.87. The summed E-state index contributed by atoms with van der Waals surface area (Å²) in [6, 6.07) is 3.56. The Balaban J connectivity index is 1.63. The van der Waals surface area contributed by atoms with Gasteiger partial charge in [0.05, 0.1) is 25.8 Å². The number of amides is 2. The molecule has 1 aliphatic heterocycles. The average molecular weight is 334 g/mol. The van der Waals surface area contributed by atoms with Crippen LogP contribution < -0.4 is 5.32 Å². The molecule has 2 heterocycles. The zero-order valence-corrected chi connectivity index (χ0v) is 13.7. The lowest BCUT2D eigenvalue weighted by atomic mass is 9.96. The zero-order chi connectivity index (χ0) is 17.2. The maximum absolute atomic E-state index is 12.6. The van der Waals surface area contributed by atoms with Gasteiger partial charge < -0.3 is 19.4 Å². The van der Waals surface area contributed by atoms with E-state index >= 15 is 0 Å². The van der Waals surface area contributed by atoms with Crippen molar-refractivity contribution in [2.75, 3.05) is 13.7 Å². The molecule has 130 valence electrons. The van der Waals surface area contributed by atoms with E-state index in [-0.39, 0.29) is 18.2 Å². The van der Waals surface area contributed by atoms with E-state index in [0.717, 1.165) is 12.8 Å². The molecule has 0 spiro atoms. The number of likely N-dealkylation sites (tertiary alicyclic amines) is 1. The lowest BCUT2D eigenvalue weighted by Gasteiger charge is -2.28. The van der Waals surface area contributed by atoms with Crippen molar-refractivity contribution in [2.24, 2.45) is 5.92 Å². The minimum atomic E-state index is -0.927. The van der Waals surface area contributed by atoms with Gasteiger partial charge in [0.1, 0.15) is 11.3 Å². The standard InChI is InChI=1S/C17H22N2O5/c1-23-16(22)17(6-2-3-7-17)18-15(21)12-9-14(20)19(10-12)11-13-5-4-8-24-13/h4-5,8,12H,2-3,6-7,9-11H2,1H3,(H,18,21). The van der Waals surface area contributed by atoms with Crippen LogP contribution in [-0.2, 0) is 25.7 Å². The van der Waals surface area contributed by atoms with E-state index in [9.17, 15) is 14.4 Å². The van der Waals surface area contributed by atoms with Crippen molar-refractivity contribution in [1.29, 1.82) is 0 Å². The van der Waals surface area contributed by atoms with Gasteiger partial charge in [-0.3, -0.25) is 9.59 Å². The van der Waals surface area contributed by atoms with E-state index in [4.69, 9.17) is 9.15 Å². The summed E-state index contributed by atoms with van der Waals surface area (Å²) in [6.07, 6.45) is 4.64. The molecule has 3 rings (SSSR count). The Hall–Kier alpha value is -2.31. The number of ether oxygens (including phenoxy) is 1. The van der Waals surface area contributed by atoms with Crippen molar-refractivity contribution in [1.82, 2.24) is 10.2 Å². The molecule has 1 unspecified atom stereocenters. The highest BCUT2D eigenvalue weighted by Crippen LogP contribution is 2.32. The Morgan fingerprint density at radius 3 is 2.79 bits per heavy atom. The van der Waals surface area contributed by atoms with E-state index in [1.165, 1.54) is 7.11 Å². The maximum Gasteiger partial charge on any atom is 0.331 e. The second-order valence-corrected chi connectivity index (χ2v) is 6.52. The number of carbonyl (C=O) groups is 3. The summed E-state index contributed by atoms with van der Waals surface area (Å²) in [7, 11) is 1.33. The normalized spacial score (nSPS) is 22.6. The number of hydrogen-bond donors (Lipinski definition) is 1.